The van der Waals surface area contributed by atoms with Gasteiger partial charge in [-0.15, -0.1) is 0 Å². The predicted octanol–water partition coefficient (Wildman–Crippen LogP) is 2.27. The Hall–Kier alpha value is -0.790. The van der Waals surface area contributed by atoms with E-state index in [-0.39, 0.29) is 5.54 Å². The van der Waals surface area contributed by atoms with Crippen molar-refractivity contribution in [3.63, 3.8) is 0 Å². The first-order valence-corrected chi connectivity index (χ1v) is 4.03. The van der Waals surface area contributed by atoms with Crippen LogP contribution in [-0.4, -0.2) is 9.55 Å². The average Bonchev–Trinajstić information content (AvgIpc) is 2.37. The van der Waals surface area contributed by atoms with E-state index in [1.807, 2.05) is 18.7 Å². The molecule has 0 amide bonds. The van der Waals surface area contributed by atoms with Crippen LogP contribution >= 0.6 is 0 Å². The molecule has 0 saturated carbocycles. The molecule has 11 heavy (non-hydrogen) atoms. The van der Waals surface area contributed by atoms with E-state index in [0.29, 0.717) is 5.92 Å². The molecule has 1 rings (SSSR count). The van der Waals surface area contributed by atoms with E-state index in [1.165, 1.54) is 0 Å². The summed E-state index contributed by atoms with van der Waals surface area (Å²) in [6.07, 6.45) is 5.71. The first-order valence-electron chi connectivity index (χ1n) is 4.03. The first kappa shape index (κ1) is 8.31. The van der Waals surface area contributed by atoms with E-state index < -0.39 is 0 Å². The molecule has 2 nitrogen and oxygen atoms in total. The lowest BCUT2D eigenvalue weighted by atomic mass is 9.91. The molecule has 0 aliphatic rings. The van der Waals surface area contributed by atoms with Gasteiger partial charge in [0.05, 0.1) is 6.33 Å². The highest BCUT2D eigenvalue weighted by atomic mass is 15.1. The zero-order chi connectivity index (χ0) is 8.48. The van der Waals surface area contributed by atoms with Crippen molar-refractivity contribution in [2.24, 2.45) is 5.92 Å². The van der Waals surface area contributed by atoms with Gasteiger partial charge in [-0.05, 0) is 19.8 Å². The van der Waals surface area contributed by atoms with Crippen LogP contribution in [0.5, 0.6) is 0 Å². The largest absolute Gasteiger partial charge is 0.332 e. The van der Waals surface area contributed by atoms with Crippen LogP contribution in [0.25, 0.3) is 0 Å². The van der Waals surface area contributed by atoms with Crippen molar-refractivity contribution in [3.8, 4) is 0 Å². The van der Waals surface area contributed by atoms with Gasteiger partial charge in [0, 0.05) is 17.9 Å². The minimum Gasteiger partial charge on any atom is -0.332 e. The normalized spacial score (nSPS) is 12.5. The molecule has 1 aromatic heterocycles. The molecule has 62 valence electrons. The summed E-state index contributed by atoms with van der Waals surface area (Å²) in [4.78, 5) is 4.03. The molecule has 1 aromatic rings. The lowest BCUT2D eigenvalue weighted by Gasteiger charge is -2.30. The number of rotatable bonds is 2. The second kappa shape index (κ2) is 2.68. The predicted molar refractivity (Wildman–Crippen MR) is 46.4 cm³/mol. The molecular formula is C9H16N2. The Bertz CT molecular complexity index is 209. The van der Waals surface area contributed by atoms with Gasteiger partial charge >= 0.3 is 0 Å². The lowest BCUT2D eigenvalue weighted by molar-refractivity contribution is 0.250. The maximum atomic E-state index is 4.03. The van der Waals surface area contributed by atoms with E-state index in [0.717, 1.165) is 0 Å². The molecule has 0 bridgehead atoms. The molecule has 0 atom stereocenters. The molecular weight excluding hydrogens is 136 g/mol. The third-order valence-corrected chi connectivity index (χ3v) is 2.58. The van der Waals surface area contributed by atoms with Gasteiger partial charge in [-0.1, -0.05) is 13.8 Å². The zero-order valence-electron chi connectivity index (χ0n) is 7.70. The van der Waals surface area contributed by atoms with Crippen molar-refractivity contribution < 1.29 is 0 Å². The third kappa shape index (κ3) is 1.44. The molecule has 0 fully saturated rings. The fourth-order valence-electron chi connectivity index (χ4n) is 0.898. The van der Waals surface area contributed by atoms with Crippen LogP contribution in [0.2, 0.25) is 0 Å². The van der Waals surface area contributed by atoms with Crippen molar-refractivity contribution in [1.82, 2.24) is 9.55 Å². The summed E-state index contributed by atoms with van der Waals surface area (Å²) < 4.78 is 2.15. The van der Waals surface area contributed by atoms with Crippen LogP contribution in [0, 0.1) is 5.92 Å². The maximum absolute atomic E-state index is 4.03. The number of nitrogens with zero attached hydrogens (tertiary/aromatic N) is 2. The fourth-order valence-corrected chi connectivity index (χ4v) is 0.898. The van der Waals surface area contributed by atoms with Gasteiger partial charge in [0.1, 0.15) is 0 Å². The molecule has 0 spiro atoms. The summed E-state index contributed by atoms with van der Waals surface area (Å²) >= 11 is 0. The summed E-state index contributed by atoms with van der Waals surface area (Å²) in [5, 5.41) is 0. The quantitative estimate of drug-likeness (QED) is 0.635. The van der Waals surface area contributed by atoms with Crippen molar-refractivity contribution >= 4 is 0 Å². The second-order valence-corrected chi connectivity index (χ2v) is 3.78. The Morgan fingerprint density at radius 3 is 2.36 bits per heavy atom. The third-order valence-electron chi connectivity index (χ3n) is 2.58. The van der Waals surface area contributed by atoms with Gasteiger partial charge in [0.25, 0.3) is 0 Å². The summed E-state index contributed by atoms with van der Waals surface area (Å²) in [5.41, 5.74) is 0.177. The number of hydrogen-bond donors (Lipinski definition) is 0. The zero-order valence-corrected chi connectivity index (χ0v) is 7.70. The Balaban J connectivity index is 2.90. The molecule has 0 aliphatic carbocycles. The topological polar surface area (TPSA) is 17.8 Å². The van der Waals surface area contributed by atoms with Crippen LogP contribution in [-0.2, 0) is 5.54 Å². The van der Waals surface area contributed by atoms with Gasteiger partial charge in [0.15, 0.2) is 0 Å². The van der Waals surface area contributed by atoms with Gasteiger partial charge < -0.3 is 4.57 Å². The van der Waals surface area contributed by atoms with E-state index in [4.69, 9.17) is 0 Å². The molecule has 0 radical (unpaired) electrons. The standard InChI is InChI=1S/C9H16N2/c1-8(2)9(3,4)11-6-5-10-7-11/h5-8H,1-4H3. The minimum atomic E-state index is 0.177. The molecule has 0 N–H and O–H groups in total. The van der Waals surface area contributed by atoms with Crippen LogP contribution < -0.4 is 0 Å². The number of aromatic nitrogens is 2. The Kier molecular flexibility index (Phi) is 2.03. The van der Waals surface area contributed by atoms with Crippen LogP contribution in [0.1, 0.15) is 27.7 Å². The highest BCUT2D eigenvalue weighted by Gasteiger charge is 2.23. The van der Waals surface area contributed by atoms with Crippen molar-refractivity contribution in [2.75, 3.05) is 0 Å². The summed E-state index contributed by atoms with van der Waals surface area (Å²) in [7, 11) is 0. The van der Waals surface area contributed by atoms with Crippen LogP contribution in [0.15, 0.2) is 18.7 Å². The number of imidazole rings is 1. The Morgan fingerprint density at radius 2 is 2.00 bits per heavy atom. The van der Waals surface area contributed by atoms with E-state index >= 15 is 0 Å². The van der Waals surface area contributed by atoms with Crippen LogP contribution in [0.3, 0.4) is 0 Å². The fraction of sp³-hybridized carbons (Fsp3) is 0.667. The molecule has 0 aromatic carbocycles. The molecule has 0 aliphatic heterocycles. The SMILES string of the molecule is CC(C)C(C)(C)n1ccnc1. The Labute approximate surface area is 68.3 Å². The van der Waals surface area contributed by atoms with Gasteiger partial charge in [-0.25, -0.2) is 4.98 Å². The van der Waals surface area contributed by atoms with Gasteiger partial charge in [0.2, 0.25) is 0 Å². The van der Waals surface area contributed by atoms with Crippen molar-refractivity contribution in [1.29, 1.82) is 0 Å². The second-order valence-electron chi connectivity index (χ2n) is 3.78. The van der Waals surface area contributed by atoms with Crippen molar-refractivity contribution in [2.45, 2.75) is 33.2 Å². The van der Waals surface area contributed by atoms with Gasteiger partial charge in [-0.3, -0.25) is 0 Å². The highest BCUT2D eigenvalue weighted by molar-refractivity contribution is 4.87. The van der Waals surface area contributed by atoms with Crippen molar-refractivity contribution in [3.05, 3.63) is 18.7 Å². The van der Waals surface area contributed by atoms with E-state index in [9.17, 15) is 0 Å². The number of hydrogen-bond acceptors (Lipinski definition) is 1. The highest BCUT2D eigenvalue weighted by Crippen LogP contribution is 2.23. The van der Waals surface area contributed by atoms with Gasteiger partial charge in [-0.2, -0.15) is 0 Å². The molecule has 2 heteroatoms. The summed E-state index contributed by atoms with van der Waals surface area (Å²) in [6.45, 7) is 8.89. The van der Waals surface area contributed by atoms with E-state index in [1.54, 1.807) is 0 Å². The molecule has 1 heterocycles. The smallest absolute Gasteiger partial charge is 0.0951 e. The van der Waals surface area contributed by atoms with Crippen LogP contribution in [0.4, 0.5) is 0 Å². The summed E-state index contributed by atoms with van der Waals surface area (Å²) in [5.74, 6) is 0.622. The monoisotopic (exact) mass is 152 g/mol. The Morgan fingerprint density at radius 1 is 1.36 bits per heavy atom. The van der Waals surface area contributed by atoms with E-state index in [2.05, 4.69) is 37.2 Å². The first-order chi connectivity index (χ1) is 5.05. The lowest BCUT2D eigenvalue weighted by Crippen LogP contribution is -2.30. The minimum absolute atomic E-state index is 0.177. The summed E-state index contributed by atoms with van der Waals surface area (Å²) in [6, 6.07) is 0. The maximum Gasteiger partial charge on any atom is 0.0951 e. The molecule has 0 saturated heterocycles. The average molecular weight is 152 g/mol. The molecule has 0 unspecified atom stereocenters.